The normalized spacial score (nSPS) is 11.7. The number of aliphatic hydroxyl groups excluding tert-OH is 1. The largest absolute Gasteiger partial charge is 0.494 e. The predicted molar refractivity (Wildman–Crippen MR) is 81.3 cm³/mol. The summed E-state index contributed by atoms with van der Waals surface area (Å²) in [6, 6.07) is 8.77. The van der Waals surface area contributed by atoms with Crippen LogP contribution in [0.15, 0.2) is 42.5 Å². The molecular formula is C16H16F2N2O3. The van der Waals surface area contributed by atoms with E-state index in [4.69, 9.17) is 4.74 Å². The second-order valence-electron chi connectivity index (χ2n) is 4.72. The molecule has 0 aliphatic rings. The second kappa shape index (κ2) is 7.55. The minimum absolute atomic E-state index is 0.0900. The number of rotatable bonds is 5. The van der Waals surface area contributed by atoms with Crippen molar-refractivity contribution in [3.05, 3.63) is 59.7 Å². The maximum absolute atomic E-state index is 13.5. The van der Waals surface area contributed by atoms with Crippen molar-refractivity contribution in [1.82, 2.24) is 5.32 Å². The molecule has 1 atom stereocenters. The number of hydrogen-bond donors (Lipinski definition) is 3. The van der Waals surface area contributed by atoms with E-state index in [0.717, 1.165) is 6.07 Å². The lowest BCUT2D eigenvalue weighted by atomic mass is 10.1. The van der Waals surface area contributed by atoms with Crippen molar-refractivity contribution in [3.8, 4) is 5.75 Å². The molecule has 2 amide bonds. The molecule has 1 unspecified atom stereocenters. The molecule has 0 saturated heterocycles. The van der Waals surface area contributed by atoms with Crippen molar-refractivity contribution < 1.29 is 23.4 Å². The van der Waals surface area contributed by atoms with Crippen molar-refractivity contribution in [2.24, 2.45) is 0 Å². The summed E-state index contributed by atoms with van der Waals surface area (Å²) < 4.78 is 31.5. The highest BCUT2D eigenvalue weighted by Gasteiger charge is 2.14. The Hall–Kier alpha value is -2.67. The zero-order valence-electron chi connectivity index (χ0n) is 12.3. The van der Waals surface area contributed by atoms with Crippen molar-refractivity contribution >= 4 is 11.7 Å². The first-order valence-electron chi connectivity index (χ1n) is 6.82. The molecule has 2 rings (SSSR count). The summed E-state index contributed by atoms with van der Waals surface area (Å²) in [5.74, 6) is -0.889. The topological polar surface area (TPSA) is 70.6 Å². The Kier molecular flexibility index (Phi) is 5.48. The number of carbonyl (C=O) groups excluding carboxylic acids is 1. The Balaban J connectivity index is 1.94. The molecule has 0 fully saturated rings. The van der Waals surface area contributed by atoms with Crippen LogP contribution in [-0.2, 0) is 0 Å². The average Bonchev–Trinajstić information content (AvgIpc) is 2.54. The number of methoxy groups -OCH3 is 1. The van der Waals surface area contributed by atoms with E-state index in [9.17, 15) is 18.7 Å². The first kappa shape index (κ1) is 16.7. The van der Waals surface area contributed by atoms with Crippen LogP contribution in [0.5, 0.6) is 5.75 Å². The summed E-state index contributed by atoms with van der Waals surface area (Å²) in [5.41, 5.74) is 0.360. The van der Waals surface area contributed by atoms with Crippen LogP contribution >= 0.6 is 0 Å². The number of halogens is 2. The molecule has 122 valence electrons. The first-order chi connectivity index (χ1) is 11.0. The van der Waals surface area contributed by atoms with E-state index < -0.39 is 23.8 Å². The molecule has 0 aliphatic heterocycles. The summed E-state index contributed by atoms with van der Waals surface area (Å²) in [7, 11) is 1.35. The van der Waals surface area contributed by atoms with E-state index in [0.29, 0.717) is 0 Å². The SMILES string of the molecule is COc1cc(F)ccc1NC(=O)NCC(O)c1ccccc1F. The van der Waals surface area contributed by atoms with Crippen molar-refractivity contribution in [2.45, 2.75) is 6.10 Å². The van der Waals surface area contributed by atoms with Gasteiger partial charge in [0.15, 0.2) is 0 Å². The summed E-state index contributed by atoms with van der Waals surface area (Å²) in [6.07, 6.45) is -1.18. The van der Waals surface area contributed by atoms with E-state index in [2.05, 4.69) is 10.6 Å². The van der Waals surface area contributed by atoms with Crippen LogP contribution in [-0.4, -0.2) is 24.8 Å². The monoisotopic (exact) mass is 322 g/mol. The molecule has 0 aliphatic carbocycles. The zero-order chi connectivity index (χ0) is 16.8. The third-order valence-electron chi connectivity index (χ3n) is 3.13. The number of benzene rings is 2. The van der Waals surface area contributed by atoms with Crippen molar-refractivity contribution in [2.75, 3.05) is 19.0 Å². The maximum atomic E-state index is 13.5. The van der Waals surface area contributed by atoms with Crippen LogP contribution in [0.3, 0.4) is 0 Å². The van der Waals surface area contributed by atoms with Gasteiger partial charge in [-0.05, 0) is 18.2 Å². The molecule has 2 aromatic carbocycles. The van der Waals surface area contributed by atoms with E-state index in [1.54, 1.807) is 6.07 Å². The third-order valence-corrected chi connectivity index (χ3v) is 3.13. The number of aliphatic hydroxyl groups is 1. The van der Waals surface area contributed by atoms with Gasteiger partial charge in [0.2, 0.25) is 0 Å². The fourth-order valence-electron chi connectivity index (χ4n) is 1.98. The minimum Gasteiger partial charge on any atom is -0.494 e. The van der Waals surface area contributed by atoms with Gasteiger partial charge in [0.1, 0.15) is 17.4 Å². The molecule has 0 heterocycles. The smallest absolute Gasteiger partial charge is 0.319 e. The Labute approximate surface area is 131 Å². The molecule has 0 aromatic heterocycles. The summed E-state index contributed by atoms with van der Waals surface area (Å²) in [4.78, 5) is 11.8. The fourth-order valence-corrected chi connectivity index (χ4v) is 1.98. The summed E-state index contributed by atoms with van der Waals surface area (Å²) in [6.45, 7) is -0.184. The molecular weight excluding hydrogens is 306 g/mol. The van der Waals surface area contributed by atoms with E-state index >= 15 is 0 Å². The highest BCUT2D eigenvalue weighted by atomic mass is 19.1. The van der Waals surface area contributed by atoms with Gasteiger partial charge in [-0.3, -0.25) is 0 Å². The van der Waals surface area contributed by atoms with Gasteiger partial charge in [0, 0.05) is 18.2 Å². The number of nitrogens with one attached hydrogen (secondary N) is 2. The van der Waals surface area contributed by atoms with Crippen LogP contribution in [0.2, 0.25) is 0 Å². The van der Waals surface area contributed by atoms with Gasteiger partial charge in [-0.2, -0.15) is 0 Å². The van der Waals surface area contributed by atoms with Gasteiger partial charge >= 0.3 is 6.03 Å². The molecule has 0 saturated carbocycles. The van der Waals surface area contributed by atoms with E-state index in [-0.39, 0.29) is 23.5 Å². The standard InChI is InChI=1S/C16H16F2N2O3/c1-23-15-8-10(17)6-7-13(15)20-16(22)19-9-14(21)11-4-2-3-5-12(11)18/h2-8,14,21H,9H2,1H3,(H2,19,20,22). The lowest BCUT2D eigenvalue weighted by Gasteiger charge is -2.14. The fraction of sp³-hybridized carbons (Fsp3) is 0.188. The Morgan fingerprint density at radius 1 is 1.26 bits per heavy atom. The van der Waals surface area contributed by atoms with Gasteiger partial charge in [0.25, 0.3) is 0 Å². The highest BCUT2D eigenvalue weighted by Crippen LogP contribution is 2.24. The van der Waals surface area contributed by atoms with Gasteiger partial charge < -0.3 is 20.5 Å². The number of ether oxygens (including phenoxy) is 1. The van der Waals surface area contributed by atoms with Gasteiger partial charge in [-0.1, -0.05) is 18.2 Å². The molecule has 5 nitrogen and oxygen atoms in total. The number of amides is 2. The van der Waals surface area contributed by atoms with Gasteiger partial charge in [0.05, 0.1) is 18.9 Å². The number of hydrogen-bond acceptors (Lipinski definition) is 3. The molecule has 0 spiro atoms. The first-order valence-corrected chi connectivity index (χ1v) is 6.82. The van der Waals surface area contributed by atoms with E-state index in [1.807, 2.05) is 0 Å². The molecule has 7 heteroatoms. The molecule has 2 aromatic rings. The van der Waals surface area contributed by atoms with Gasteiger partial charge in [-0.15, -0.1) is 0 Å². The highest BCUT2D eigenvalue weighted by molar-refractivity contribution is 5.90. The Morgan fingerprint density at radius 3 is 2.70 bits per heavy atom. The van der Waals surface area contributed by atoms with E-state index in [1.165, 1.54) is 37.4 Å². The van der Waals surface area contributed by atoms with Crippen molar-refractivity contribution in [1.29, 1.82) is 0 Å². The molecule has 23 heavy (non-hydrogen) atoms. The number of urea groups is 1. The third kappa shape index (κ3) is 4.40. The lowest BCUT2D eigenvalue weighted by Crippen LogP contribution is -2.32. The molecule has 0 radical (unpaired) electrons. The minimum atomic E-state index is -1.18. The van der Waals surface area contributed by atoms with Gasteiger partial charge in [-0.25, -0.2) is 13.6 Å². The van der Waals surface area contributed by atoms with Crippen LogP contribution < -0.4 is 15.4 Å². The predicted octanol–water partition coefficient (Wildman–Crippen LogP) is 2.83. The van der Waals surface area contributed by atoms with Crippen LogP contribution in [0.4, 0.5) is 19.3 Å². The summed E-state index contributed by atoms with van der Waals surface area (Å²) >= 11 is 0. The van der Waals surface area contributed by atoms with Crippen LogP contribution in [0.25, 0.3) is 0 Å². The Bertz CT molecular complexity index is 695. The Morgan fingerprint density at radius 2 is 2.00 bits per heavy atom. The zero-order valence-corrected chi connectivity index (χ0v) is 12.3. The maximum Gasteiger partial charge on any atom is 0.319 e. The van der Waals surface area contributed by atoms with Crippen LogP contribution in [0.1, 0.15) is 11.7 Å². The average molecular weight is 322 g/mol. The number of anilines is 1. The van der Waals surface area contributed by atoms with Crippen LogP contribution in [0, 0.1) is 11.6 Å². The number of carbonyl (C=O) groups is 1. The second-order valence-corrected chi connectivity index (χ2v) is 4.72. The van der Waals surface area contributed by atoms with Crippen molar-refractivity contribution in [3.63, 3.8) is 0 Å². The molecule has 0 bridgehead atoms. The summed E-state index contributed by atoms with van der Waals surface area (Å²) in [5, 5.41) is 14.8. The molecule has 3 N–H and O–H groups in total. The quantitative estimate of drug-likeness (QED) is 0.793. The lowest BCUT2D eigenvalue weighted by molar-refractivity contribution is 0.170.